The van der Waals surface area contributed by atoms with E-state index >= 15 is 0 Å². The number of nitrogens with zero attached hydrogens (tertiary/aromatic N) is 1. The molecule has 29 heavy (non-hydrogen) atoms. The Labute approximate surface area is 172 Å². The van der Waals surface area contributed by atoms with Gasteiger partial charge in [0.15, 0.2) is 0 Å². The summed E-state index contributed by atoms with van der Waals surface area (Å²) in [6, 6.07) is 15.8. The number of rotatable bonds is 8. The van der Waals surface area contributed by atoms with Gasteiger partial charge in [-0.25, -0.2) is 0 Å². The largest absolute Gasteiger partial charge is 0.481 e. The predicted octanol–water partition coefficient (Wildman–Crippen LogP) is 2.71. The zero-order chi connectivity index (χ0) is 20.6. The number of hydrogen-bond donors (Lipinski definition) is 1. The summed E-state index contributed by atoms with van der Waals surface area (Å²) in [4.78, 5) is 26.5. The summed E-state index contributed by atoms with van der Waals surface area (Å²) in [6.07, 6.45) is 6.17. The molecule has 3 rings (SSSR count). The molecule has 2 amide bonds. The van der Waals surface area contributed by atoms with Crippen LogP contribution in [0, 0.1) is 25.2 Å². The van der Waals surface area contributed by atoms with E-state index in [9.17, 15) is 9.59 Å². The molecule has 0 aliphatic carbocycles. The van der Waals surface area contributed by atoms with E-state index in [0.29, 0.717) is 19.6 Å². The molecule has 1 fully saturated rings. The molecule has 2 aromatic rings. The van der Waals surface area contributed by atoms with Crippen molar-refractivity contribution in [3.05, 3.63) is 65.2 Å². The van der Waals surface area contributed by atoms with Gasteiger partial charge in [-0.1, -0.05) is 47.9 Å². The summed E-state index contributed by atoms with van der Waals surface area (Å²) >= 11 is 0. The number of nitrogens with one attached hydrogen (secondary N) is 1. The molecule has 150 valence electrons. The normalized spacial score (nSPS) is 15.8. The Bertz CT molecular complexity index is 882. The lowest BCUT2D eigenvalue weighted by Crippen LogP contribution is -2.34. The number of aryl methyl sites for hydroxylation is 1. The molecule has 1 aliphatic rings. The highest BCUT2D eigenvalue weighted by Crippen LogP contribution is 2.20. The van der Waals surface area contributed by atoms with Crippen molar-refractivity contribution in [2.24, 2.45) is 5.92 Å². The van der Waals surface area contributed by atoms with Crippen LogP contribution in [0.25, 0.3) is 0 Å². The summed E-state index contributed by atoms with van der Waals surface area (Å²) < 4.78 is 5.35. The number of carbonyl (C=O) groups excluding carboxylic acids is 2. The second kappa shape index (κ2) is 9.79. The molecular formula is C24H26N2O3. The Hall–Kier alpha value is -3.26. The molecular weight excluding hydrogens is 364 g/mol. The van der Waals surface area contributed by atoms with Gasteiger partial charge in [0.05, 0.1) is 5.92 Å². The smallest absolute Gasteiger partial charge is 0.225 e. The molecule has 0 saturated carbocycles. The topological polar surface area (TPSA) is 58.6 Å². The maximum absolute atomic E-state index is 12.5. The standard InChI is InChI=1S/C24H26N2O3/c1-3-14-29-22-10-8-19(9-11-22)12-13-25-24(28)21-15-23(27)26(17-21)16-20-6-4-18(2)5-7-20/h1,4-11,21H,12-17H2,2H3,(H,25,28). The van der Waals surface area contributed by atoms with Crippen LogP contribution in [-0.4, -0.2) is 36.4 Å². The zero-order valence-electron chi connectivity index (χ0n) is 16.7. The van der Waals surface area contributed by atoms with E-state index in [1.165, 1.54) is 5.56 Å². The van der Waals surface area contributed by atoms with Gasteiger partial charge in [0, 0.05) is 26.1 Å². The molecule has 0 spiro atoms. The van der Waals surface area contributed by atoms with Crippen LogP contribution in [0.3, 0.4) is 0 Å². The highest BCUT2D eigenvalue weighted by molar-refractivity contribution is 5.89. The van der Waals surface area contributed by atoms with Gasteiger partial charge >= 0.3 is 0 Å². The Morgan fingerprint density at radius 1 is 1.17 bits per heavy atom. The first-order valence-electron chi connectivity index (χ1n) is 9.81. The van der Waals surface area contributed by atoms with Gasteiger partial charge in [-0.15, -0.1) is 6.42 Å². The van der Waals surface area contributed by atoms with Crippen molar-refractivity contribution in [1.29, 1.82) is 0 Å². The fraction of sp³-hybridized carbons (Fsp3) is 0.333. The molecule has 0 aromatic heterocycles. The maximum Gasteiger partial charge on any atom is 0.225 e. The van der Waals surface area contributed by atoms with Crippen LogP contribution in [0.15, 0.2) is 48.5 Å². The quantitative estimate of drug-likeness (QED) is 0.705. The van der Waals surface area contributed by atoms with Gasteiger partial charge < -0.3 is 15.0 Å². The van der Waals surface area contributed by atoms with E-state index in [4.69, 9.17) is 11.2 Å². The third kappa shape index (κ3) is 5.86. The minimum atomic E-state index is -0.285. The molecule has 1 unspecified atom stereocenters. The first-order valence-corrected chi connectivity index (χ1v) is 9.81. The number of amides is 2. The van der Waals surface area contributed by atoms with Crippen molar-refractivity contribution >= 4 is 11.8 Å². The summed E-state index contributed by atoms with van der Waals surface area (Å²) in [5, 5.41) is 2.96. The highest BCUT2D eigenvalue weighted by atomic mass is 16.5. The third-order valence-electron chi connectivity index (χ3n) is 5.04. The lowest BCUT2D eigenvalue weighted by molar-refractivity contribution is -0.129. The predicted molar refractivity (Wildman–Crippen MR) is 112 cm³/mol. The van der Waals surface area contributed by atoms with Crippen LogP contribution in [0.2, 0.25) is 0 Å². The van der Waals surface area contributed by atoms with Crippen LogP contribution in [-0.2, 0) is 22.6 Å². The van der Waals surface area contributed by atoms with E-state index in [1.807, 2.05) is 55.5 Å². The Morgan fingerprint density at radius 3 is 2.55 bits per heavy atom. The van der Waals surface area contributed by atoms with Crippen LogP contribution in [0.5, 0.6) is 5.75 Å². The van der Waals surface area contributed by atoms with Crippen LogP contribution in [0.1, 0.15) is 23.1 Å². The van der Waals surface area contributed by atoms with E-state index in [2.05, 4.69) is 11.2 Å². The molecule has 1 aliphatic heterocycles. The zero-order valence-corrected chi connectivity index (χ0v) is 16.7. The van der Waals surface area contributed by atoms with Crippen LogP contribution >= 0.6 is 0 Å². The molecule has 1 heterocycles. The van der Waals surface area contributed by atoms with Crippen molar-refractivity contribution < 1.29 is 14.3 Å². The molecule has 0 bridgehead atoms. The van der Waals surface area contributed by atoms with E-state index in [1.54, 1.807) is 4.90 Å². The van der Waals surface area contributed by atoms with Gasteiger partial charge in [-0.2, -0.15) is 0 Å². The van der Waals surface area contributed by atoms with Gasteiger partial charge in [0.25, 0.3) is 0 Å². The van der Waals surface area contributed by atoms with Gasteiger partial charge in [-0.3, -0.25) is 9.59 Å². The second-order valence-electron chi connectivity index (χ2n) is 7.34. The fourth-order valence-corrected chi connectivity index (χ4v) is 3.37. The molecule has 1 N–H and O–H groups in total. The van der Waals surface area contributed by atoms with Crippen LogP contribution in [0.4, 0.5) is 0 Å². The Balaban J connectivity index is 1.43. The summed E-state index contributed by atoms with van der Waals surface area (Å²) in [7, 11) is 0. The average Bonchev–Trinajstić information content (AvgIpc) is 3.09. The third-order valence-corrected chi connectivity index (χ3v) is 5.04. The van der Waals surface area contributed by atoms with Crippen molar-refractivity contribution in [3.63, 3.8) is 0 Å². The average molecular weight is 390 g/mol. The van der Waals surface area contributed by atoms with Crippen molar-refractivity contribution in [1.82, 2.24) is 10.2 Å². The minimum Gasteiger partial charge on any atom is -0.481 e. The number of likely N-dealkylation sites (tertiary alicyclic amines) is 1. The summed E-state index contributed by atoms with van der Waals surface area (Å²) in [5.41, 5.74) is 3.37. The number of carbonyl (C=O) groups is 2. The molecule has 1 saturated heterocycles. The van der Waals surface area contributed by atoms with E-state index in [0.717, 1.165) is 23.3 Å². The fourth-order valence-electron chi connectivity index (χ4n) is 3.37. The summed E-state index contributed by atoms with van der Waals surface area (Å²) in [5.74, 6) is 2.85. The number of hydrogen-bond acceptors (Lipinski definition) is 3. The van der Waals surface area contributed by atoms with Gasteiger partial charge in [0.2, 0.25) is 11.8 Å². The number of ether oxygens (including phenoxy) is 1. The molecule has 1 atom stereocenters. The first-order chi connectivity index (χ1) is 14.0. The van der Waals surface area contributed by atoms with E-state index < -0.39 is 0 Å². The minimum absolute atomic E-state index is 0.0354. The number of terminal acetylenes is 1. The second-order valence-corrected chi connectivity index (χ2v) is 7.34. The van der Waals surface area contributed by atoms with Crippen molar-refractivity contribution in [3.8, 4) is 18.1 Å². The SMILES string of the molecule is C#CCOc1ccc(CCNC(=O)C2CC(=O)N(Cc3ccc(C)cc3)C2)cc1. The molecule has 5 nitrogen and oxygen atoms in total. The molecule has 5 heteroatoms. The first kappa shape index (κ1) is 20.5. The van der Waals surface area contributed by atoms with E-state index in [-0.39, 0.29) is 30.8 Å². The number of benzene rings is 2. The maximum atomic E-state index is 12.5. The molecule has 0 radical (unpaired) electrons. The molecule has 2 aromatic carbocycles. The van der Waals surface area contributed by atoms with Crippen LogP contribution < -0.4 is 10.1 Å². The Morgan fingerprint density at radius 2 is 1.86 bits per heavy atom. The van der Waals surface area contributed by atoms with Gasteiger partial charge in [0.1, 0.15) is 12.4 Å². The summed E-state index contributed by atoms with van der Waals surface area (Å²) in [6.45, 7) is 3.84. The Kier molecular flexibility index (Phi) is 6.91. The lowest BCUT2D eigenvalue weighted by Gasteiger charge is -2.17. The van der Waals surface area contributed by atoms with Crippen molar-refractivity contribution in [2.45, 2.75) is 26.3 Å². The monoisotopic (exact) mass is 390 g/mol. The lowest BCUT2D eigenvalue weighted by atomic mass is 10.1. The highest BCUT2D eigenvalue weighted by Gasteiger charge is 2.33. The van der Waals surface area contributed by atoms with Gasteiger partial charge in [-0.05, 0) is 36.6 Å². The van der Waals surface area contributed by atoms with Crippen molar-refractivity contribution in [2.75, 3.05) is 19.7 Å².